The van der Waals surface area contributed by atoms with Gasteiger partial charge in [0.25, 0.3) is 0 Å². The van der Waals surface area contributed by atoms with Gasteiger partial charge in [0, 0.05) is 23.9 Å². The first-order valence-electron chi connectivity index (χ1n) is 6.38. The molecule has 3 nitrogen and oxygen atoms in total. The molecule has 4 heteroatoms. The van der Waals surface area contributed by atoms with Gasteiger partial charge in [-0.2, -0.15) is 5.10 Å². The van der Waals surface area contributed by atoms with Crippen LogP contribution in [0.3, 0.4) is 0 Å². The van der Waals surface area contributed by atoms with E-state index in [1.165, 1.54) is 12.1 Å². The van der Waals surface area contributed by atoms with Crippen LogP contribution >= 0.6 is 0 Å². The molecule has 1 heterocycles. The van der Waals surface area contributed by atoms with E-state index in [4.69, 9.17) is 5.73 Å². The summed E-state index contributed by atoms with van der Waals surface area (Å²) in [5.74, 6) is -0.261. The smallest absolute Gasteiger partial charge is 0.123 e. The Morgan fingerprint density at radius 1 is 1.00 bits per heavy atom. The first-order chi connectivity index (χ1) is 9.78. The van der Waals surface area contributed by atoms with Crippen LogP contribution in [0.5, 0.6) is 0 Å². The van der Waals surface area contributed by atoms with Crippen LogP contribution in [0.15, 0.2) is 60.8 Å². The van der Waals surface area contributed by atoms with Crippen molar-refractivity contribution >= 4 is 0 Å². The minimum absolute atomic E-state index is 0.261. The first kappa shape index (κ1) is 12.6. The molecule has 0 atom stereocenters. The van der Waals surface area contributed by atoms with Gasteiger partial charge in [-0.3, -0.25) is 0 Å². The number of aromatic nitrogens is 2. The topological polar surface area (TPSA) is 43.8 Å². The van der Waals surface area contributed by atoms with Crippen LogP contribution < -0.4 is 5.73 Å². The number of halogens is 1. The van der Waals surface area contributed by atoms with Crippen molar-refractivity contribution in [1.29, 1.82) is 0 Å². The molecule has 0 amide bonds. The monoisotopic (exact) mass is 267 g/mol. The second-order valence-electron chi connectivity index (χ2n) is 4.49. The summed E-state index contributed by atoms with van der Waals surface area (Å²) in [4.78, 5) is 0. The molecular weight excluding hydrogens is 253 g/mol. The third kappa shape index (κ3) is 2.33. The number of nitrogens with zero attached hydrogens (tertiary/aromatic N) is 2. The van der Waals surface area contributed by atoms with Crippen LogP contribution in [0.2, 0.25) is 0 Å². The molecule has 100 valence electrons. The highest BCUT2D eigenvalue weighted by Crippen LogP contribution is 2.23. The minimum Gasteiger partial charge on any atom is -0.326 e. The number of nitrogens with two attached hydrogens (primary N) is 1. The molecule has 0 saturated carbocycles. The van der Waals surface area contributed by atoms with Crippen molar-refractivity contribution in [3.8, 4) is 16.9 Å². The van der Waals surface area contributed by atoms with Crippen molar-refractivity contribution in [3.05, 3.63) is 72.2 Å². The van der Waals surface area contributed by atoms with E-state index in [9.17, 15) is 4.39 Å². The molecular formula is C16H14FN3. The number of benzene rings is 2. The van der Waals surface area contributed by atoms with Crippen molar-refractivity contribution in [2.75, 3.05) is 0 Å². The Kier molecular flexibility index (Phi) is 3.31. The van der Waals surface area contributed by atoms with Gasteiger partial charge in [-0.25, -0.2) is 9.07 Å². The molecule has 0 spiro atoms. The number of hydrogen-bond acceptors (Lipinski definition) is 2. The molecule has 3 aromatic rings. The van der Waals surface area contributed by atoms with Crippen molar-refractivity contribution in [2.24, 2.45) is 5.73 Å². The molecule has 0 aliphatic heterocycles. The SMILES string of the molecule is NCc1cn(-c2ccc(F)cc2)nc1-c1ccccc1. The second-order valence-corrected chi connectivity index (χ2v) is 4.49. The lowest BCUT2D eigenvalue weighted by Gasteiger charge is -2.00. The predicted octanol–water partition coefficient (Wildman–Crippen LogP) is 3.14. The van der Waals surface area contributed by atoms with Gasteiger partial charge in [0.2, 0.25) is 0 Å². The third-order valence-electron chi connectivity index (χ3n) is 3.15. The van der Waals surface area contributed by atoms with E-state index in [-0.39, 0.29) is 5.82 Å². The molecule has 0 fully saturated rings. The van der Waals surface area contributed by atoms with Gasteiger partial charge < -0.3 is 5.73 Å². The fourth-order valence-electron chi connectivity index (χ4n) is 2.12. The minimum atomic E-state index is -0.261. The van der Waals surface area contributed by atoms with Crippen LogP contribution in [0, 0.1) is 5.82 Å². The van der Waals surface area contributed by atoms with Gasteiger partial charge in [0.1, 0.15) is 5.82 Å². The largest absolute Gasteiger partial charge is 0.326 e. The zero-order valence-electron chi connectivity index (χ0n) is 10.8. The Bertz CT molecular complexity index is 702. The summed E-state index contributed by atoms with van der Waals surface area (Å²) in [6, 6.07) is 16.1. The van der Waals surface area contributed by atoms with Crippen molar-refractivity contribution < 1.29 is 4.39 Å². The van der Waals surface area contributed by atoms with Crippen molar-refractivity contribution in [1.82, 2.24) is 9.78 Å². The standard InChI is InChI=1S/C16H14FN3/c17-14-6-8-15(9-7-14)20-11-13(10-18)16(19-20)12-4-2-1-3-5-12/h1-9,11H,10,18H2. The highest BCUT2D eigenvalue weighted by atomic mass is 19.1. The average Bonchev–Trinajstić information content (AvgIpc) is 2.93. The molecule has 0 radical (unpaired) electrons. The van der Waals surface area contributed by atoms with Crippen molar-refractivity contribution in [3.63, 3.8) is 0 Å². The van der Waals surface area contributed by atoms with Crippen LogP contribution in [-0.2, 0) is 6.54 Å². The van der Waals surface area contributed by atoms with Gasteiger partial charge in [-0.1, -0.05) is 30.3 Å². The molecule has 2 N–H and O–H groups in total. The summed E-state index contributed by atoms with van der Waals surface area (Å²) < 4.78 is 14.7. The van der Waals surface area contributed by atoms with E-state index < -0.39 is 0 Å². The predicted molar refractivity (Wildman–Crippen MR) is 76.8 cm³/mol. The molecule has 0 aliphatic rings. The highest BCUT2D eigenvalue weighted by molar-refractivity contribution is 5.63. The Morgan fingerprint density at radius 3 is 2.35 bits per heavy atom. The maximum atomic E-state index is 13.0. The molecule has 0 bridgehead atoms. The zero-order valence-corrected chi connectivity index (χ0v) is 10.8. The summed E-state index contributed by atoms with van der Waals surface area (Å²) in [5.41, 5.74) is 9.44. The van der Waals surface area contributed by atoms with E-state index in [1.54, 1.807) is 16.8 Å². The Hall–Kier alpha value is -2.46. The normalized spacial score (nSPS) is 10.7. The average molecular weight is 267 g/mol. The summed E-state index contributed by atoms with van der Waals surface area (Å²) in [5, 5.41) is 4.57. The van der Waals surface area contributed by atoms with Crippen LogP contribution in [-0.4, -0.2) is 9.78 Å². The fourth-order valence-corrected chi connectivity index (χ4v) is 2.12. The first-order valence-corrected chi connectivity index (χ1v) is 6.38. The number of rotatable bonds is 3. The van der Waals surface area contributed by atoms with E-state index in [2.05, 4.69) is 5.10 Å². The summed E-state index contributed by atoms with van der Waals surface area (Å²) >= 11 is 0. The summed E-state index contributed by atoms with van der Waals surface area (Å²) in [7, 11) is 0. The van der Waals surface area contributed by atoms with E-state index >= 15 is 0 Å². The summed E-state index contributed by atoms with van der Waals surface area (Å²) in [6.07, 6.45) is 1.88. The quantitative estimate of drug-likeness (QED) is 0.792. The molecule has 0 aliphatic carbocycles. The molecule has 3 rings (SSSR count). The van der Waals surface area contributed by atoms with Gasteiger partial charge in [-0.15, -0.1) is 0 Å². The Balaban J connectivity index is 2.07. The van der Waals surface area contributed by atoms with Gasteiger partial charge in [-0.05, 0) is 24.3 Å². The lowest BCUT2D eigenvalue weighted by Crippen LogP contribution is -1.96. The summed E-state index contributed by atoms with van der Waals surface area (Å²) in [6.45, 7) is 0.408. The highest BCUT2D eigenvalue weighted by Gasteiger charge is 2.10. The van der Waals surface area contributed by atoms with Crippen LogP contribution in [0.1, 0.15) is 5.56 Å². The number of hydrogen-bond donors (Lipinski definition) is 1. The maximum absolute atomic E-state index is 13.0. The van der Waals surface area contributed by atoms with E-state index in [1.807, 2.05) is 36.5 Å². The zero-order chi connectivity index (χ0) is 13.9. The fraction of sp³-hybridized carbons (Fsp3) is 0.0625. The molecule has 20 heavy (non-hydrogen) atoms. The Labute approximate surface area is 116 Å². The Morgan fingerprint density at radius 2 is 1.70 bits per heavy atom. The lowest BCUT2D eigenvalue weighted by molar-refractivity contribution is 0.627. The maximum Gasteiger partial charge on any atom is 0.123 e. The van der Waals surface area contributed by atoms with Gasteiger partial charge in [0.15, 0.2) is 0 Å². The van der Waals surface area contributed by atoms with E-state index in [0.717, 1.165) is 22.5 Å². The third-order valence-corrected chi connectivity index (χ3v) is 3.15. The molecule has 0 saturated heterocycles. The molecule has 2 aromatic carbocycles. The van der Waals surface area contributed by atoms with Crippen molar-refractivity contribution in [2.45, 2.75) is 6.54 Å². The van der Waals surface area contributed by atoms with Gasteiger partial charge in [0.05, 0.1) is 11.4 Å². The molecule has 0 unspecified atom stereocenters. The van der Waals surface area contributed by atoms with E-state index in [0.29, 0.717) is 6.54 Å². The van der Waals surface area contributed by atoms with Crippen LogP contribution in [0.25, 0.3) is 16.9 Å². The molecule has 1 aromatic heterocycles. The van der Waals surface area contributed by atoms with Gasteiger partial charge >= 0.3 is 0 Å². The lowest BCUT2D eigenvalue weighted by atomic mass is 10.1. The second kappa shape index (κ2) is 5.27. The van der Waals surface area contributed by atoms with Crippen LogP contribution in [0.4, 0.5) is 4.39 Å².